The first kappa shape index (κ1) is 27.8. The summed E-state index contributed by atoms with van der Waals surface area (Å²) >= 11 is 1.24. The molecule has 1 aliphatic carbocycles. The van der Waals surface area contributed by atoms with Gasteiger partial charge in [-0.1, -0.05) is 13.8 Å². The lowest BCUT2D eigenvalue weighted by atomic mass is 9.99. The molecule has 3 aromatic heterocycles. The predicted molar refractivity (Wildman–Crippen MR) is 147 cm³/mol. The van der Waals surface area contributed by atoms with Crippen molar-refractivity contribution in [3.05, 3.63) is 46.1 Å². The highest BCUT2D eigenvalue weighted by Crippen LogP contribution is 2.63. The SMILES string of the molecule is CNC[C@H]1CCN(C(=O)c2c(C)cc(C(F)(F)F)nc2-c2ccnc3cc(CN4C(=O)C5C(C4=O)C5(C)C)sc23)C1. The second-order valence-corrected chi connectivity index (χ2v) is 13.0. The van der Waals surface area contributed by atoms with E-state index in [4.69, 9.17) is 0 Å². The molecule has 3 aliphatic rings. The van der Waals surface area contributed by atoms with Crippen LogP contribution >= 0.6 is 11.3 Å². The van der Waals surface area contributed by atoms with Crippen LogP contribution < -0.4 is 5.32 Å². The van der Waals surface area contributed by atoms with Gasteiger partial charge in [-0.05, 0) is 62.0 Å². The van der Waals surface area contributed by atoms with Crippen molar-refractivity contribution in [2.75, 3.05) is 26.7 Å². The second kappa shape index (κ2) is 9.59. The maximum Gasteiger partial charge on any atom is 0.433 e. The van der Waals surface area contributed by atoms with Crippen LogP contribution in [0.1, 0.15) is 46.8 Å². The molecule has 0 bridgehead atoms. The summed E-state index contributed by atoms with van der Waals surface area (Å²) in [5.74, 6) is -1.09. The molecule has 2 aliphatic heterocycles. The molecular weight excluding hydrogens is 555 g/mol. The van der Waals surface area contributed by atoms with Crippen molar-refractivity contribution in [2.24, 2.45) is 23.2 Å². The fraction of sp³-hybridized carbons (Fsp3) is 0.483. The molecule has 0 spiro atoms. The highest BCUT2D eigenvalue weighted by molar-refractivity contribution is 7.19. The first-order chi connectivity index (χ1) is 19.3. The van der Waals surface area contributed by atoms with Gasteiger partial charge in [0.05, 0.1) is 39.9 Å². The van der Waals surface area contributed by atoms with Gasteiger partial charge in [0.2, 0.25) is 11.8 Å². The Bertz CT molecular complexity index is 1580. The summed E-state index contributed by atoms with van der Waals surface area (Å²) in [5, 5.41) is 3.12. The molecule has 0 radical (unpaired) electrons. The average molecular weight is 586 g/mol. The standard InChI is InChI=1S/C29H30F3N5O3S/c1-14-9-19(29(30,31)32)35-23(20(14)25(38)36-8-6-15(12-36)11-33-4)17-5-7-34-18-10-16(41-24(17)18)13-37-26(39)21-22(27(37)40)28(21,2)3/h5,7,9-10,15,21-22,33H,6,8,11-13H2,1-4H3/t15-,21?,22?/m1/s1. The number of piperidine rings is 1. The Morgan fingerprint density at radius 1 is 1.20 bits per heavy atom. The van der Waals surface area contributed by atoms with E-state index < -0.39 is 11.9 Å². The third-order valence-corrected chi connectivity index (χ3v) is 9.85. The number of hydrogen-bond donors (Lipinski definition) is 1. The van der Waals surface area contributed by atoms with E-state index in [9.17, 15) is 27.6 Å². The number of nitrogens with one attached hydrogen (secondary N) is 1. The van der Waals surface area contributed by atoms with Crippen LogP contribution in [0.15, 0.2) is 24.4 Å². The number of aryl methyl sites for hydroxylation is 1. The van der Waals surface area contributed by atoms with Gasteiger partial charge in [-0.25, -0.2) is 4.98 Å². The molecule has 5 heterocycles. The first-order valence-electron chi connectivity index (χ1n) is 13.6. The third-order valence-electron chi connectivity index (χ3n) is 8.71. The van der Waals surface area contributed by atoms with Crippen molar-refractivity contribution in [1.82, 2.24) is 25.1 Å². The number of imide groups is 1. The summed E-state index contributed by atoms with van der Waals surface area (Å²) in [6.07, 6.45) is -2.43. The Balaban J connectivity index is 1.40. The fourth-order valence-electron chi connectivity index (χ4n) is 6.48. The van der Waals surface area contributed by atoms with Crippen LogP contribution in [-0.4, -0.2) is 64.2 Å². The Labute approximate surface area is 238 Å². The van der Waals surface area contributed by atoms with E-state index >= 15 is 0 Å². The zero-order valence-electron chi connectivity index (χ0n) is 23.1. The van der Waals surface area contributed by atoms with Crippen LogP contribution in [0.2, 0.25) is 0 Å². The number of likely N-dealkylation sites (tertiary alicyclic amines) is 2. The van der Waals surface area contributed by atoms with Crippen molar-refractivity contribution in [3.63, 3.8) is 0 Å². The average Bonchev–Trinajstić information content (AvgIpc) is 3.31. The van der Waals surface area contributed by atoms with Crippen LogP contribution in [-0.2, 0) is 22.3 Å². The Kier molecular flexibility index (Phi) is 6.49. The lowest BCUT2D eigenvalue weighted by Crippen LogP contribution is -2.35. The van der Waals surface area contributed by atoms with Crippen molar-refractivity contribution in [3.8, 4) is 11.3 Å². The van der Waals surface area contributed by atoms with Gasteiger partial charge in [0.25, 0.3) is 5.91 Å². The third kappa shape index (κ3) is 4.51. The van der Waals surface area contributed by atoms with Gasteiger partial charge in [0.15, 0.2) is 0 Å². The first-order valence-corrected chi connectivity index (χ1v) is 14.4. The number of carbonyl (C=O) groups excluding carboxylic acids is 3. The number of aromatic nitrogens is 2. The number of nitrogens with zero attached hydrogens (tertiary/aromatic N) is 4. The smallest absolute Gasteiger partial charge is 0.338 e. The molecule has 3 atom stereocenters. The zero-order valence-corrected chi connectivity index (χ0v) is 23.9. The number of rotatable bonds is 6. The van der Waals surface area contributed by atoms with Crippen LogP contribution in [0.4, 0.5) is 13.2 Å². The van der Waals surface area contributed by atoms with E-state index in [-0.39, 0.29) is 64.3 Å². The van der Waals surface area contributed by atoms with Gasteiger partial charge in [0, 0.05) is 29.7 Å². The Hall–Kier alpha value is -3.38. The molecule has 3 fully saturated rings. The summed E-state index contributed by atoms with van der Waals surface area (Å²) < 4.78 is 42.2. The van der Waals surface area contributed by atoms with Gasteiger partial charge < -0.3 is 10.2 Å². The summed E-state index contributed by atoms with van der Waals surface area (Å²) in [7, 11) is 1.84. The lowest BCUT2D eigenvalue weighted by Gasteiger charge is -2.21. The highest BCUT2D eigenvalue weighted by atomic mass is 32.1. The lowest BCUT2D eigenvalue weighted by molar-refractivity contribution is -0.144. The maximum absolute atomic E-state index is 13.9. The van der Waals surface area contributed by atoms with E-state index in [2.05, 4.69) is 15.3 Å². The quantitative estimate of drug-likeness (QED) is 0.428. The van der Waals surface area contributed by atoms with Crippen LogP contribution in [0.5, 0.6) is 0 Å². The van der Waals surface area contributed by atoms with E-state index in [1.165, 1.54) is 29.4 Å². The van der Waals surface area contributed by atoms with E-state index in [0.29, 0.717) is 33.7 Å². The van der Waals surface area contributed by atoms with Gasteiger partial charge >= 0.3 is 6.18 Å². The van der Waals surface area contributed by atoms with Crippen LogP contribution in [0.3, 0.4) is 0 Å². The van der Waals surface area contributed by atoms with Crippen molar-refractivity contribution >= 4 is 39.3 Å². The van der Waals surface area contributed by atoms with E-state index in [1.807, 2.05) is 20.9 Å². The molecule has 0 aromatic carbocycles. The summed E-state index contributed by atoms with van der Waals surface area (Å²) in [4.78, 5) is 51.6. The number of hydrogen-bond acceptors (Lipinski definition) is 7. The monoisotopic (exact) mass is 585 g/mol. The van der Waals surface area contributed by atoms with Crippen molar-refractivity contribution in [1.29, 1.82) is 0 Å². The molecule has 3 amide bonds. The molecular formula is C29H30F3N5O3S. The molecule has 2 unspecified atom stereocenters. The maximum atomic E-state index is 13.9. The Morgan fingerprint density at radius 3 is 2.56 bits per heavy atom. The number of amides is 3. The molecule has 8 nitrogen and oxygen atoms in total. The Morgan fingerprint density at radius 2 is 1.90 bits per heavy atom. The zero-order chi connectivity index (χ0) is 29.4. The number of halogens is 3. The molecule has 1 N–H and O–H groups in total. The number of thiophene rings is 1. The van der Waals surface area contributed by atoms with Crippen molar-refractivity contribution in [2.45, 2.75) is 39.9 Å². The largest absolute Gasteiger partial charge is 0.433 e. The predicted octanol–water partition coefficient (Wildman–Crippen LogP) is 4.51. The minimum Gasteiger partial charge on any atom is -0.338 e. The van der Waals surface area contributed by atoms with Gasteiger partial charge in [-0.3, -0.25) is 24.3 Å². The molecule has 6 rings (SSSR count). The molecule has 1 saturated carbocycles. The van der Waals surface area contributed by atoms with Crippen LogP contribution in [0.25, 0.3) is 21.5 Å². The summed E-state index contributed by atoms with van der Waals surface area (Å²) in [5.41, 5.74) is -0.253. The van der Waals surface area contributed by atoms with Gasteiger partial charge in [-0.2, -0.15) is 13.2 Å². The summed E-state index contributed by atoms with van der Waals surface area (Å²) in [6, 6.07) is 4.23. The van der Waals surface area contributed by atoms with E-state index in [1.54, 1.807) is 17.0 Å². The van der Waals surface area contributed by atoms with E-state index in [0.717, 1.165) is 19.0 Å². The molecule has 3 aromatic rings. The molecule has 41 heavy (non-hydrogen) atoms. The molecule has 216 valence electrons. The number of fused-ring (bicyclic) bond motifs is 2. The number of carbonyl (C=O) groups is 3. The number of alkyl halides is 3. The summed E-state index contributed by atoms with van der Waals surface area (Å²) in [6.45, 7) is 7.16. The minimum absolute atomic E-state index is 0.0449. The normalized spacial score (nSPS) is 23.5. The molecule has 2 saturated heterocycles. The topological polar surface area (TPSA) is 95.5 Å². The second-order valence-electron chi connectivity index (χ2n) is 11.8. The van der Waals surface area contributed by atoms with Crippen LogP contribution in [0, 0.1) is 30.1 Å². The number of pyridine rings is 2. The molecule has 12 heteroatoms. The fourth-order valence-corrected chi connectivity index (χ4v) is 7.60. The minimum atomic E-state index is -4.70. The highest BCUT2D eigenvalue weighted by Gasteiger charge is 2.72. The van der Waals surface area contributed by atoms with Gasteiger partial charge in [0.1, 0.15) is 5.69 Å². The van der Waals surface area contributed by atoms with Gasteiger partial charge in [-0.15, -0.1) is 11.3 Å². The van der Waals surface area contributed by atoms with Crippen molar-refractivity contribution < 1.29 is 27.6 Å².